The van der Waals surface area contributed by atoms with E-state index < -0.39 is 10.9 Å². The Kier molecular flexibility index (Phi) is 27.9. The van der Waals surface area contributed by atoms with Crippen molar-refractivity contribution in [2.24, 2.45) is 0 Å². The molecule has 0 N–H and O–H groups in total. The highest BCUT2D eigenvalue weighted by molar-refractivity contribution is 8.21. The lowest BCUT2D eigenvalue weighted by molar-refractivity contribution is 0.0816. The van der Waals surface area contributed by atoms with Gasteiger partial charge in [-0.3, -0.25) is 12.5 Å². The molecule has 0 aromatic heterocycles. The maximum absolute atomic E-state index is 6.97. The molecule has 0 radical (unpaired) electrons. The van der Waals surface area contributed by atoms with E-state index in [1.54, 1.807) is 0 Å². The summed E-state index contributed by atoms with van der Waals surface area (Å²) in [4.78, 5) is 2.64. The van der Waals surface area contributed by atoms with Crippen LogP contribution in [0.3, 0.4) is 0 Å². The van der Waals surface area contributed by atoms with Crippen molar-refractivity contribution in [1.29, 1.82) is 0 Å². The fraction of sp³-hybridized carbons (Fsp3) is 0.850. The lowest BCUT2D eigenvalue weighted by Gasteiger charge is -2.43. The van der Waals surface area contributed by atoms with Crippen molar-refractivity contribution >= 4 is 10.9 Å². The normalized spacial score (nSPS) is 18.7. The van der Waals surface area contributed by atoms with Crippen molar-refractivity contribution in [2.75, 3.05) is 25.4 Å². The molecule has 3 unspecified atom stereocenters. The molecule has 1 aliphatic rings. The van der Waals surface area contributed by atoms with Crippen LogP contribution >= 0.6 is 10.9 Å². The highest BCUT2D eigenvalue weighted by atomic mass is 32.3. The summed E-state index contributed by atoms with van der Waals surface area (Å²) in [6.45, 7) is 17.3. The lowest BCUT2D eigenvalue weighted by Crippen LogP contribution is -2.27. The van der Waals surface area contributed by atoms with Gasteiger partial charge in [0, 0.05) is 5.75 Å². The van der Waals surface area contributed by atoms with Gasteiger partial charge in [0.1, 0.15) is 0 Å². The molecule has 45 heavy (non-hydrogen) atoms. The van der Waals surface area contributed by atoms with Gasteiger partial charge in [0.25, 0.3) is 0 Å². The highest BCUT2D eigenvalue weighted by Gasteiger charge is 2.33. The number of nitrogens with zero attached hydrogens (tertiary/aromatic N) is 1. The predicted octanol–water partition coefficient (Wildman–Crippen LogP) is 13.0. The molecule has 5 heteroatoms. The molecule has 0 aliphatic carbocycles. The molecule has 0 aromatic rings. The Hall–Kier alpha value is -0.590. The van der Waals surface area contributed by atoms with Crippen LogP contribution in [0.5, 0.6) is 0 Å². The van der Waals surface area contributed by atoms with Gasteiger partial charge in [-0.05, 0) is 124 Å². The van der Waals surface area contributed by atoms with Crippen molar-refractivity contribution in [2.45, 2.75) is 195 Å². The largest absolute Gasteiger partial charge is 0.303 e. The standard InChI is InChI=1S/C40H77NO3S/c1-7-10-13-16-19-24-31-38(4)42-45(43-39(5)32-25-20-17-14-11-8-2,44-40(6)33-26-21-18-15-12-9-3)37-30-23-22-27-34-41-35-28-29-36-41/h16-21,38-40H,7-15,22-37H2,1-6H3/b19-16-,20-17-,21-18-. The van der Waals surface area contributed by atoms with Gasteiger partial charge in [-0.15, -0.1) is 0 Å². The number of allylic oxidation sites excluding steroid dienone is 6. The summed E-state index contributed by atoms with van der Waals surface area (Å²) < 4.78 is 20.9. The van der Waals surface area contributed by atoms with Gasteiger partial charge in [0.15, 0.2) is 0 Å². The number of likely N-dealkylation sites (tertiary alicyclic amines) is 1. The maximum atomic E-state index is 6.97. The van der Waals surface area contributed by atoms with Crippen LogP contribution in [-0.2, 0) is 12.5 Å². The molecular weight excluding hydrogens is 575 g/mol. The van der Waals surface area contributed by atoms with Gasteiger partial charge < -0.3 is 4.90 Å². The third-order valence-corrected chi connectivity index (χ3v) is 11.3. The van der Waals surface area contributed by atoms with E-state index in [1.807, 2.05) is 0 Å². The molecule has 0 saturated carbocycles. The minimum absolute atomic E-state index is 0.105. The van der Waals surface area contributed by atoms with Crippen molar-refractivity contribution in [3.05, 3.63) is 36.5 Å². The Labute approximate surface area is 284 Å². The second-order valence-corrected chi connectivity index (χ2v) is 15.6. The fourth-order valence-corrected chi connectivity index (χ4v) is 8.52. The Bertz CT molecular complexity index is 659. The molecule has 1 heterocycles. The number of rotatable bonds is 31. The van der Waals surface area contributed by atoms with Crippen molar-refractivity contribution in [1.82, 2.24) is 4.90 Å². The van der Waals surface area contributed by atoms with E-state index in [2.05, 4.69) is 82.9 Å². The molecule has 1 aliphatic heterocycles. The van der Waals surface area contributed by atoms with E-state index in [0.717, 1.165) is 50.7 Å². The van der Waals surface area contributed by atoms with Gasteiger partial charge in [-0.1, -0.05) is 109 Å². The quantitative estimate of drug-likeness (QED) is 0.0551. The summed E-state index contributed by atoms with van der Waals surface area (Å²) in [6.07, 6.45) is 39.3. The van der Waals surface area contributed by atoms with Crippen LogP contribution in [0, 0.1) is 0 Å². The Morgan fingerprint density at radius 1 is 0.511 bits per heavy atom. The molecule has 0 spiro atoms. The van der Waals surface area contributed by atoms with E-state index in [9.17, 15) is 0 Å². The van der Waals surface area contributed by atoms with E-state index in [-0.39, 0.29) is 18.3 Å². The molecule has 3 atom stereocenters. The summed E-state index contributed by atoms with van der Waals surface area (Å²) in [5.74, 6) is 0.876. The highest BCUT2D eigenvalue weighted by Crippen LogP contribution is 2.56. The van der Waals surface area contributed by atoms with Crippen molar-refractivity contribution in [3.63, 3.8) is 0 Å². The summed E-state index contributed by atoms with van der Waals surface area (Å²) in [7, 11) is -2.13. The zero-order valence-corrected chi connectivity index (χ0v) is 31.8. The molecule has 0 amide bonds. The minimum atomic E-state index is -2.13. The predicted molar refractivity (Wildman–Crippen MR) is 202 cm³/mol. The van der Waals surface area contributed by atoms with E-state index in [0.29, 0.717) is 0 Å². The van der Waals surface area contributed by atoms with Crippen LogP contribution < -0.4 is 0 Å². The first kappa shape index (κ1) is 42.4. The molecule has 1 rings (SSSR count). The first-order valence-electron chi connectivity index (χ1n) is 19.5. The summed E-state index contributed by atoms with van der Waals surface area (Å²) >= 11 is 0. The molecule has 1 fully saturated rings. The molecule has 0 aromatic carbocycles. The summed E-state index contributed by atoms with van der Waals surface area (Å²) in [5.41, 5.74) is 0. The second kappa shape index (κ2) is 29.5. The first-order chi connectivity index (χ1) is 21.9. The van der Waals surface area contributed by atoms with Gasteiger partial charge in [-0.25, -0.2) is 0 Å². The third-order valence-electron chi connectivity index (χ3n) is 8.64. The molecule has 1 saturated heterocycles. The third kappa shape index (κ3) is 24.2. The van der Waals surface area contributed by atoms with Crippen molar-refractivity contribution < 1.29 is 12.5 Å². The van der Waals surface area contributed by atoms with Crippen LogP contribution in [0.1, 0.15) is 176 Å². The Morgan fingerprint density at radius 2 is 0.889 bits per heavy atom. The van der Waals surface area contributed by atoms with Crippen LogP contribution in [-0.4, -0.2) is 48.6 Å². The van der Waals surface area contributed by atoms with Crippen LogP contribution in [0.4, 0.5) is 0 Å². The average Bonchev–Trinajstić information content (AvgIpc) is 3.54. The van der Waals surface area contributed by atoms with Crippen LogP contribution in [0.2, 0.25) is 0 Å². The van der Waals surface area contributed by atoms with E-state index in [1.165, 1.54) is 110 Å². The SMILES string of the molecule is CCCC/C=C\CCC(C)OS(CCCCCCN1CCCC1)(OC(C)CC/C=C\CCCC)OC(C)CC/C=C\CCCC. The maximum Gasteiger partial charge on any atom is 0.0895 e. The van der Waals surface area contributed by atoms with E-state index in [4.69, 9.17) is 12.5 Å². The molecule has 0 bridgehead atoms. The van der Waals surface area contributed by atoms with Gasteiger partial charge in [0.2, 0.25) is 0 Å². The summed E-state index contributed by atoms with van der Waals surface area (Å²) in [5, 5.41) is 0. The second-order valence-electron chi connectivity index (χ2n) is 13.5. The zero-order valence-electron chi connectivity index (χ0n) is 31.0. The number of unbranched alkanes of at least 4 members (excludes halogenated alkanes) is 9. The zero-order chi connectivity index (χ0) is 32.9. The Morgan fingerprint density at radius 3 is 1.29 bits per heavy atom. The monoisotopic (exact) mass is 652 g/mol. The fourth-order valence-electron chi connectivity index (χ4n) is 5.75. The number of hydrogen-bond acceptors (Lipinski definition) is 4. The first-order valence-corrected chi connectivity index (χ1v) is 21.0. The van der Waals surface area contributed by atoms with E-state index >= 15 is 0 Å². The lowest BCUT2D eigenvalue weighted by atomic mass is 10.2. The smallest absolute Gasteiger partial charge is 0.0895 e. The molecular formula is C40H77NO3S. The topological polar surface area (TPSA) is 30.9 Å². The van der Waals surface area contributed by atoms with Crippen molar-refractivity contribution in [3.8, 4) is 0 Å². The number of hydrogen-bond donors (Lipinski definition) is 0. The van der Waals surface area contributed by atoms with Gasteiger partial charge in [0.05, 0.1) is 29.2 Å². The Balaban J connectivity index is 2.91. The van der Waals surface area contributed by atoms with Crippen LogP contribution in [0.25, 0.3) is 0 Å². The molecule has 4 nitrogen and oxygen atoms in total. The molecule has 266 valence electrons. The van der Waals surface area contributed by atoms with Gasteiger partial charge in [-0.2, -0.15) is 0 Å². The summed E-state index contributed by atoms with van der Waals surface area (Å²) in [6, 6.07) is 0. The minimum Gasteiger partial charge on any atom is -0.303 e. The van der Waals surface area contributed by atoms with Crippen LogP contribution in [0.15, 0.2) is 36.5 Å². The van der Waals surface area contributed by atoms with Gasteiger partial charge >= 0.3 is 0 Å². The average molecular weight is 652 g/mol.